The normalized spacial score (nSPS) is 24.6. The Balaban J connectivity index is 1.56. The van der Waals surface area contributed by atoms with Gasteiger partial charge in [0.15, 0.2) is 0 Å². The quantitative estimate of drug-likeness (QED) is 0.779. The Bertz CT molecular complexity index is 266. The summed E-state index contributed by atoms with van der Waals surface area (Å²) in [7, 11) is 0. The van der Waals surface area contributed by atoms with Crippen molar-refractivity contribution in [1.29, 1.82) is 0 Å². The predicted molar refractivity (Wildman–Crippen MR) is 91.8 cm³/mol. The molecule has 1 atom stereocenters. The van der Waals surface area contributed by atoms with Crippen molar-refractivity contribution in [3.63, 3.8) is 0 Å². The minimum Gasteiger partial charge on any atom is -0.314 e. The lowest BCUT2D eigenvalue weighted by Gasteiger charge is -2.34. The van der Waals surface area contributed by atoms with Crippen molar-refractivity contribution in [3.05, 3.63) is 0 Å². The monoisotopic (exact) mass is 295 g/mol. The van der Waals surface area contributed by atoms with E-state index in [9.17, 15) is 0 Å². The Morgan fingerprint density at radius 2 is 1.48 bits per heavy atom. The maximum absolute atomic E-state index is 3.83. The number of hydrogen-bond donors (Lipinski definition) is 1. The Labute approximate surface area is 132 Å². The fraction of sp³-hybridized carbons (Fsp3) is 1.00. The Kier molecular flexibility index (Phi) is 7.48. The van der Waals surface area contributed by atoms with Crippen LogP contribution in [0.15, 0.2) is 0 Å². The minimum absolute atomic E-state index is 0.761. The van der Waals surface area contributed by atoms with E-state index in [4.69, 9.17) is 0 Å². The lowest BCUT2D eigenvalue weighted by atomic mass is 10.0. The van der Waals surface area contributed by atoms with E-state index in [1.807, 2.05) is 0 Å². The number of rotatable bonds is 7. The molecule has 0 radical (unpaired) electrons. The summed E-state index contributed by atoms with van der Waals surface area (Å²) in [5.41, 5.74) is 0. The molecule has 2 aliphatic heterocycles. The number of nitrogens with one attached hydrogen (secondary N) is 1. The molecule has 124 valence electrons. The van der Waals surface area contributed by atoms with Gasteiger partial charge in [-0.05, 0) is 70.2 Å². The molecule has 2 fully saturated rings. The molecule has 0 spiro atoms. The molecule has 0 saturated carbocycles. The van der Waals surface area contributed by atoms with E-state index in [-0.39, 0.29) is 0 Å². The Hall–Kier alpha value is -0.120. The van der Waals surface area contributed by atoms with Crippen LogP contribution in [-0.4, -0.2) is 61.7 Å². The van der Waals surface area contributed by atoms with Crippen LogP contribution < -0.4 is 5.32 Å². The minimum atomic E-state index is 0.761. The highest BCUT2D eigenvalue weighted by Crippen LogP contribution is 2.14. The van der Waals surface area contributed by atoms with Crippen LogP contribution in [0.5, 0.6) is 0 Å². The summed E-state index contributed by atoms with van der Waals surface area (Å²) in [4.78, 5) is 5.31. The molecule has 2 heterocycles. The van der Waals surface area contributed by atoms with Gasteiger partial charge in [-0.2, -0.15) is 0 Å². The van der Waals surface area contributed by atoms with Gasteiger partial charge in [0.2, 0.25) is 0 Å². The predicted octanol–water partition coefficient (Wildman–Crippen LogP) is 2.82. The number of nitrogens with zero attached hydrogens (tertiary/aromatic N) is 2. The standard InChI is InChI=1S/C18H37N3/c1-16(2)14-21-11-7-18(8-12-21)19-13-17(3)15-20-9-5-4-6-10-20/h16-19H,4-15H2,1-3H3. The zero-order valence-electron chi connectivity index (χ0n) is 14.6. The van der Waals surface area contributed by atoms with Gasteiger partial charge in [0, 0.05) is 19.1 Å². The van der Waals surface area contributed by atoms with Gasteiger partial charge in [-0.15, -0.1) is 0 Å². The van der Waals surface area contributed by atoms with Gasteiger partial charge >= 0.3 is 0 Å². The van der Waals surface area contributed by atoms with E-state index in [2.05, 4.69) is 35.9 Å². The summed E-state index contributed by atoms with van der Waals surface area (Å²) in [5.74, 6) is 1.59. The first-order chi connectivity index (χ1) is 10.1. The number of hydrogen-bond acceptors (Lipinski definition) is 3. The molecule has 0 aromatic rings. The van der Waals surface area contributed by atoms with Crippen LogP contribution >= 0.6 is 0 Å². The lowest BCUT2D eigenvalue weighted by molar-refractivity contribution is 0.169. The zero-order chi connectivity index (χ0) is 15.1. The summed E-state index contributed by atoms with van der Waals surface area (Å²) in [6, 6.07) is 0.761. The summed E-state index contributed by atoms with van der Waals surface area (Å²) >= 11 is 0. The van der Waals surface area contributed by atoms with Crippen molar-refractivity contribution in [3.8, 4) is 0 Å². The molecule has 3 heteroatoms. The zero-order valence-corrected chi connectivity index (χ0v) is 14.6. The average molecular weight is 296 g/mol. The SMILES string of the molecule is CC(C)CN1CCC(NCC(C)CN2CCCCC2)CC1. The van der Waals surface area contributed by atoms with Crippen LogP contribution in [0.3, 0.4) is 0 Å². The third-order valence-electron chi connectivity index (χ3n) is 4.98. The molecule has 2 saturated heterocycles. The van der Waals surface area contributed by atoms with Crippen LogP contribution in [0, 0.1) is 11.8 Å². The van der Waals surface area contributed by atoms with Crippen LogP contribution in [-0.2, 0) is 0 Å². The summed E-state index contributed by atoms with van der Waals surface area (Å²) in [6.07, 6.45) is 6.94. The maximum atomic E-state index is 3.83. The van der Waals surface area contributed by atoms with Crippen molar-refractivity contribution < 1.29 is 0 Å². The van der Waals surface area contributed by atoms with E-state index in [0.717, 1.165) is 17.9 Å². The summed E-state index contributed by atoms with van der Waals surface area (Å²) < 4.78 is 0. The number of piperidine rings is 2. The molecule has 3 nitrogen and oxygen atoms in total. The molecule has 1 N–H and O–H groups in total. The molecule has 0 bridgehead atoms. The van der Waals surface area contributed by atoms with Gasteiger partial charge in [-0.25, -0.2) is 0 Å². The smallest absolute Gasteiger partial charge is 0.00915 e. The lowest BCUT2D eigenvalue weighted by Crippen LogP contribution is -2.45. The first-order valence-corrected chi connectivity index (χ1v) is 9.31. The fourth-order valence-corrected chi connectivity index (χ4v) is 3.85. The van der Waals surface area contributed by atoms with Gasteiger partial charge in [0.25, 0.3) is 0 Å². The molecular formula is C18H37N3. The van der Waals surface area contributed by atoms with E-state index in [1.54, 1.807) is 0 Å². The van der Waals surface area contributed by atoms with Crippen molar-refractivity contribution >= 4 is 0 Å². The highest BCUT2D eigenvalue weighted by molar-refractivity contribution is 4.79. The Morgan fingerprint density at radius 1 is 0.857 bits per heavy atom. The second-order valence-corrected chi connectivity index (χ2v) is 7.84. The molecular weight excluding hydrogens is 258 g/mol. The third kappa shape index (κ3) is 6.66. The van der Waals surface area contributed by atoms with Crippen molar-refractivity contribution in [2.75, 3.05) is 45.8 Å². The molecule has 2 rings (SSSR count). The first-order valence-electron chi connectivity index (χ1n) is 9.31. The second kappa shape index (κ2) is 9.12. The largest absolute Gasteiger partial charge is 0.314 e. The fourth-order valence-electron chi connectivity index (χ4n) is 3.85. The summed E-state index contributed by atoms with van der Waals surface area (Å²) in [6.45, 7) is 16.1. The molecule has 0 aromatic carbocycles. The summed E-state index contributed by atoms with van der Waals surface area (Å²) in [5, 5.41) is 3.83. The average Bonchev–Trinajstić information content (AvgIpc) is 2.47. The van der Waals surface area contributed by atoms with E-state index >= 15 is 0 Å². The highest BCUT2D eigenvalue weighted by atomic mass is 15.1. The van der Waals surface area contributed by atoms with E-state index in [1.165, 1.54) is 77.9 Å². The van der Waals surface area contributed by atoms with Crippen LogP contribution in [0.2, 0.25) is 0 Å². The van der Waals surface area contributed by atoms with Gasteiger partial charge in [-0.3, -0.25) is 0 Å². The van der Waals surface area contributed by atoms with Gasteiger partial charge in [-0.1, -0.05) is 27.2 Å². The molecule has 2 aliphatic rings. The third-order valence-corrected chi connectivity index (χ3v) is 4.98. The molecule has 21 heavy (non-hydrogen) atoms. The van der Waals surface area contributed by atoms with Crippen molar-refractivity contribution in [1.82, 2.24) is 15.1 Å². The second-order valence-electron chi connectivity index (χ2n) is 7.84. The molecule has 0 amide bonds. The van der Waals surface area contributed by atoms with E-state index < -0.39 is 0 Å². The van der Waals surface area contributed by atoms with Gasteiger partial charge in [0.1, 0.15) is 0 Å². The number of likely N-dealkylation sites (tertiary alicyclic amines) is 2. The van der Waals surface area contributed by atoms with Crippen molar-refractivity contribution in [2.45, 2.75) is 58.9 Å². The molecule has 0 aliphatic carbocycles. The Morgan fingerprint density at radius 3 is 2.10 bits per heavy atom. The first kappa shape index (κ1) is 17.2. The van der Waals surface area contributed by atoms with Crippen LogP contribution in [0.1, 0.15) is 52.9 Å². The van der Waals surface area contributed by atoms with Crippen LogP contribution in [0.4, 0.5) is 0 Å². The highest BCUT2D eigenvalue weighted by Gasteiger charge is 2.20. The van der Waals surface area contributed by atoms with E-state index in [0.29, 0.717) is 0 Å². The van der Waals surface area contributed by atoms with Crippen molar-refractivity contribution in [2.24, 2.45) is 11.8 Å². The van der Waals surface area contributed by atoms with Gasteiger partial charge < -0.3 is 15.1 Å². The van der Waals surface area contributed by atoms with Gasteiger partial charge in [0.05, 0.1) is 0 Å². The molecule has 1 unspecified atom stereocenters. The maximum Gasteiger partial charge on any atom is 0.00915 e. The molecule has 0 aromatic heterocycles. The van der Waals surface area contributed by atoms with Crippen LogP contribution in [0.25, 0.3) is 0 Å². The topological polar surface area (TPSA) is 18.5 Å².